The lowest BCUT2D eigenvalue weighted by atomic mass is 10.0. The van der Waals surface area contributed by atoms with E-state index in [-0.39, 0.29) is 11.7 Å². The summed E-state index contributed by atoms with van der Waals surface area (Å²) in [5.74, 6) is 0. The molecule has 18 heavy (non-hydrogen) atoms. The molecule has 3 rings (SSSR count). The molecule has 0 fully saturated rings. The summed E-state index contributed by atoms with van der Waals surface area (Å²) in [6.45, 7) is 8.84. The van der Waals surface area contributed by atoms with Gasteiger partial charge in [-0.3, -0.25) is 0 Å². The normalized spacial score (nSPS) is 21.8. The van der Waals surface area contributed by atoms with Gasteiger partial charge in [-0.05, 0) is 38.1 Å². The molecule has 0 amide bonds. The van der Waals surface area contributed by atoms with E-state index in [1.54, 1.807) is 0 Å². The van der Waals surface area contributed by atoms with Gasteiger partial charge in [0.05, 0.1) is 18.3 Å². The number of halogens is 1. The minimum absolute atomic E-state index is 0.0544. The second-order valence-corrected chi connectivity index (χ2v) is 5.68. The largest absolute Gasteiger partial charge is 0.360 e. The summed E-state index contributed by atoms with van der Waals surface area (Å²) in [7, 11) is 0. The molecule has 1 aliphatic rings. The fourth-order valence-corrected chi connectivity index (χ4v) is 2.90. The SMILES string of the molecule is C=C[C@H]1Cn2c(cc3cc(Cl)ccc32)C(C)(C)O1. The van der Waals surface area contributed by atoms with E-state index >= 15 is 0 Å². The molecule has 2 aromatic rings. The molecule has 1 atom stereocenters. The Balaban J connectivity index is 2.26. The quantitative estimate of drug-likeness (QED) is 0.705. The molecule has 3 heteroatoms. The molecule has 0 saturated heterocycles. The Bertz CT molecular complexity index is 627. The maximum Gasteiger partial charge on any atom is 0.103 e. The first-order chi connectivity index (χ1) is 8.51. The Morgan fingerprint density at radius 3 is 2.94 bits per heavy atom. The van der Waals surface area contributed by atoms with Crippen molar-refractivity contribution in [3.63, 3.8) is 0 Å². The van der Waals surface area contributed by atoms with Crippen molar-refractivity contribution >= 4 is 22.5 Å². The van der Waals surface area contributed by atoms with Gasteiger partial charge in [-0.25, -0.2) is 0 Å². The monoisotopic (exact) mass is 261 g/mol. The van der Waals surface area contributed by atoms with Crippen molar-refractivity contribution in [2.45, 2.75) is 32.1 Å². The summed E-state index contributed by atoms with van der Waals surface area (Å²) in [5.41, 5.74) is 2.10. The van der Waals surface area contributed by atoms with Crippen molar-refractivity contribution in [2.75, 3.05) is 0 Å². The Morgan fingerprint density at radius 1 is 1.44 bits per heavy atom. The minimum Gasteiger partial charge on any atom is -0.360 e. The standard InChI is InChI=1S/C15H16ClNO/c1-4-12-9-17-13-6-5-11(16)7-10(13)8-14(17)15(2,3)18-12/h4-8,12H,1,9H2,2-3H3/t12-/m0/s1. The van der Waals surface area contributed by atoms with Crippen LogP contribution >= 0.6 is 11.6 Å². The van der Waals surface area contributed by atoms with Crippen molar-refractivity contribution in [2.24, 2.45) is 0 Å². The van der Waals surface area contributed by atoms with E-state index in [1.165, 1.54) is 16.6 Å². The summed E-state index contributed by atoms with van der Waals surface area (Å²) in [4.78, 5) is 0. The van der Waals surface area contributed by atoms with Crippen LogP contribution in [0, 0.1) is 0 Å². The lowest BCUT2D eigenvalue weighted by Gasteiger charge is -2.36. The topological polar surface area (TPSA) is 14.2 Å². The molecule has 2 nitrogen and oxygen atoms in total. The average molecular weight is 262 g/mol. The molecule has 0 spiro atoms. The van der Waals surface area contributed by atoms with Crippen LogP contribution in [-0.2, 0) is 16.9 Å². The molecular formula is C15H16ClNO. The van der Waals surface area contributed by atoms with Gasteiger partial charge < -0.3 is 9.30 Å². The third-order valence-corrected chi connectivity index (χ3v) is 3.79. The third-order valence-electron chi connectivity index (χ3n) is 3.55. The Labute approximate surface area is 112 Å². The highest BCUT2D eigenvalue weighted by atomic mass is 35.5. The predicted octanol–water partition coefficient (Wildman–Crippen LogP) is 4.11. The lowest BCUT2D eigenvalue weighted by Crippen LogP contribution is -2.38. The zero-order valence-corrected chi connectivity index (χ0v) is 11.4. The number of nitrogens with zero attached hydrogens (tertiary/aromatic N) is 1. The predicted molar refractivity (Wildman–Crippen MR) is 75.0 cm³/mol. The van der Waals surface area contributed by atoms with Gasteiger partial charge in [-0.15, -0.1) is 6.58 Å². The number of rotatable bonds is 1. The smallest absolute Gasteiger partial charge is 0.103 e. The second kappa shape index (κ2) is 3.87. The van der Waals surface area contributed by atoms with Crippen molar-refractivity contribution in [1.29, 1.82) is 0 Å². The van der Waals surface area contributed by atoms with Crippen LogP contribution in [0.4, 0.5) is 0 Å². The van der Waals surface area contributed by atoms with E-state index in [0.29, 0.717) is 0 Å². The maximum atomic E-state index is 6.05. The number of ether oxygens (including phenoxy) is 1. The average Bonchev–Trinajstić information content (AvgIpc) is 2.67. The van der Waals surface area contributed by atoms with Crippen molar-refractivity contribution in [3.8, 4) is 0 Å². The highest BCUT2D eigenvalue weighted by molar-refractivity contribution is 6.31. The Morgan fingerprint density at radius 2 is 2.22 bits per heavy atom. The molecule has 2 heterocycles. The molecular weight excluding hydrogens is 246 g/mol. The van der Waals surface area contributed by atoms with E-state index in [1.807, 2.05) is 18.2 Å². The molecule has 0 saturated carbocycles. The summed E-state index contributed by atoms with van der Waals surface area (Å²) in [6.07, 6.45) is 1.92. The van der Waals surface area contributed by atoms with Crippen LogP contribution in [-0.4, -0.2) is 10.7 Å². The van der Waals surface area contributed by atoms with Gasteiger partial charge in [0.1, 0.15) is 5.60 Å². The zero-order valence-electron chi connectivity index (χ0n) is 10.6. The zero-order chi connectivity index (χ0) is 12.9. The first-order valence-corrected chi connectivity index (χ1v) is 6.49. The fraction of sp³-hybridized carbons (Fsp3) is 0.333. The molecule has 0 aliphatic carbocycles. The van der Waals surface area contributed by atoms with E-state index in [9.17, 15) is 0 Å². The van der Waals surface area contributed by atoms with Crippen LogP contribution in [0.3, 0.4) is 0 Å². The number of hydrogen-bond acceptors (Lipinski definition) is 1. The van der Waals surface area contributed by atoms with E-state index < -0.39 is 0 Å². The summed E-state index contributed by atoms with van der Waals surface area (Å²) >= 11 is 6.05. The molecule has 1 aromatic carbocycles. The number of aromatic nitrogens is 1. The highest BCUT2D eigenvalue weighted by Crippen LogP contribution is 2.36. The summed E-state index contributed by atoms with van der Waals surface area (Å²) in [6, 6.07) is 8.17. The minimum atomic E-state index is -0.303. The van der Waals surface area contributed by atoms with Crippen LogP contribution in [0.2, 0.25) is 5.02 Å². The number of hydrogen-bond donors (Lipinski definition) is 0. The first kappa shape index (κ1) is 11.8. The van der Waals surface area contributed by atoms with Gasteiger partial charge in [-0.1, -0.05) is 17.7 Å². The van der Waals surface area contributed by atoms with Crippen LogP contribution in [0.25, 0.3) is 10.9 Å². The molecule has 0 radical (unpaired) electrons. The molecule has 0 unspecified atom stereocenters. The Kier molecular flexibility index (Phi) is 2.54. The Hall–Kier alpha value is -1.25. The van der Waals surface area contributed by atoms with Gasteiger partial charge in [0.2, 0.25) is 0 Å². The molecule has 0 bridgehead atoms. The van der Waals surface area contributed by atoms with Gasteiger partial charge >= 0.3 is 0 Å². The first-order valence-electron chi connectivity index (χ1n) is 6.11. The van der Waals surface area contributed by atoms with E-state index in [0.717, 1.165) is 11.6 Å². The highest BCUT2D eigenvalue weighted by Gasteiger charge is 2.33. The van der Waals surface area contributed by atoms with E-state index in [2.05, 4.69) is 37.1 Å². The van der Waals surface area contributed by atoms with Crippen molar-refractivity contribution < 1.29 is 4.74 Å². The van der Waals surface area contributed by atoms with Gasteiger partial charge in [0.25, 0.3) is 0 Å². The van der Waals surface area contributed by atoms with Crippen molar-refractivity contribution in [1.82, 2.24) is 4.57 Å². The van der Waals surface area contributed by atoms with Gasteiger partial charge in [0.15, 0.2) is 0 Å². The molecule has 0 N–H and O–H groups in total. The second-order valence-electron chi connectivity index (χ2n) is 5.25. The summed E-state index contributed by atoms with van der Waals surface area (Å²) in [5, 5.41) is 1.93. The van der Waals surface area contributed by atoms with Crippen LogP contribution in [0.15, 0.2) is 36.9 Å². The lowest BCUT2D eigenvalue weighted by molar-refractivity contribution is -0.0847. The van der Waals surface area contributed by atoms with Crippen LogP contribution < -0.4 is 0 Å². The van der Waals surface area contributed by atoms with E-state index in [4.69, 9.17) is 16.3 Å². The molecule has 1 aromatic heterocycles. The number of benzene rings is 1. The maximum absolute atomic E-state index is 6.05. The molecule has 94 valence electrons. The third kappa shape index (κ3) is 1.68. The fourth-order valence-electron chi connectivity index (χ4n) is 2.72. The molecule has 1 aliphatic heterocycles. The van der Waals surface area contributed by atoms with Crippen LogP contribution in [0.1, 0.15) is 19.5 Å². The summed E-state index contributed by atoms with van der Waals surface area (Å²) < 4.78 is 8.34. The van der Waals surface area contributed by atoms with Crippen molar-refractivity contribution in [3.05, 3.63) is 47.6 Å². The van der Waals surface area contributed by atoms with Gasteiger partial charge in [0, 0.05) is 15.9 Å². The van der Waals surface area contributed by atoms with Gasteiger partial charge in [-0.2, -0.15) is 0 Å². The van der Waals surface area contributed by atoms with Crippen LogP contribution in [0.5, 0.6) is 0 Å². The number of fused-ring (bicyclic) bond motifs is 3.